The van der Waals surface area contributed by atoms with Crippen LogP contribution in [0.2, 0.25) is 0 Å². The minimum atomic E-state index is -0.745. The molecule has 296 valence electrons. The normalized spacial score (nSPS) is 18.7. The lowest BCUT2D eigenvalue weighted by Gasteiger charge is -2.41. The summed E-state index contributed by atoms with van der Waals surface area (Å²) in [5.41, 5.74) is 1.13. The third kappa shape index (κ3) is 11.2. The molecule has 0 spiro atoms. The van der Waals surface area contributed by atoms with Gasteiger partial charge < -0.3 is 35.2 Å². The summed E-state index contributed by atoms with van der Waals surface area (Å²) in [4.78, 5) is 62.6. The predicted molar refractivity (Wildman–Crippen MR) is 209 cm³/mol. The van der Waals surface area contributed by atoms with Crippen molar-refractivity contribution in [1.82, 2.24) is 30.7 Å². The Hall–Kier alpha value is -3.61. The van der Waals surface area contributed by atoms with Crippen LogP contribution in [0.5, 0.6) is 0 Å². The Bertz CT molecular complexity index is 1500. The van der Waals surface area contributed by atoms with Gasteiger partial charge in [-0.15, -0.1) is 0 Å². The minimum Gasteiger partial charge on any atom is -0.379 e. The molecule has 0 bridgehead atoms. The van der Waals surface area contributed by atoms with Crippen molar-refractivity contribution in [3.63, 3.8) is 0 Å². The zero-order valence-corrected chi connectivity index (χ0v) is 34.0. The third-order valence-electron chi connectivity index (χ3n) is 11.2. The van der Waals surface area contributed by atoms with Gasteiger partial charge in [0.15, 0.2) is 0 Å². The molecule has 1 aliphatic rings. The van der Waals surface area contributed by atoms with Gasteiger partial charge in [0.1, 0.15) is 6.04 Å². The van der Waals surface area contributed by atoms with Gasteiger partial charge in [-0.3, -0.25) is 24.2 Å². The number of aromatic nitrogens is 1. The number of hydrogen-bond donors (Lipinski definition) is 3. The SMILES string of the molecule is CC[C@H](C)C([C@@H](CC(=O)N1CCC[C@H]1[C@H](OC)[C@@H](C)C(=O)NCCc1ccc2cnccc2c1)OC)N(C)C(=O)[C@@H](NC(=O)[C@@H](NC)C(C)C)C(C)C. The van der Waals surface area contributed by atoms with Crippen molar-refractivity contribution in [2.75, 3.05) is 41.4 Å². The number of ether oxygens (including phenoxy) is 2. The van der Waals surface area contributed by atoms with Crippen molar-refractivity contribution < 1.29 is 28.7 Å². The van der Waals surface area contributed by atoms with Gasteiger partial charge in [0.05, 0.1) is 42.7 Å². The molecule has 1 fully saturated rings. The zero-order chi connectivity index (χ0) is 39.4. The maximum atomic E-state index is 14.1. The number of nitrogens with one attached hydrogen (secondary N) is 3. The molecule has 4 amide bonds. The van der Waals surface area contributed by atoms with Crippen LogP contribution in [0.1, 0.15) is 79.7 Å². The summed E-state index contributed by atoms with van der Waals surface area (Å²) < 4.78 is 12.0. The van der Waals surface area contributed by atoms with Gasteiger partial charge in [-0.05, 0) is 61.1 Å². The quantitative estimate of drug-likeness (QED) is 0.184. The van der Waals surface area contributed by atoms with Gasteiger partial charge in [-0.25, -0.2) is 0 Å². The number of amides is 4. The molecule has 12 nitrogen and oxygen atoms in total. The fraction of sp³-hybridized carbons (Fsp3) is 0.683. The molecule has 2 heterocycles. The number of hydrogen-bond acceptors (Lipinski definition) is 8. The summed E-state index contributed by atoms with van der Waals surface area (Å²) in [6.45, 7) is 14.8. The van der Waals surface area contributed by atoms with E-state index in [0.29, 0.717) is 19.5 Å². The van der Waals surface area contributed by atoms with Gasteiger partial charge in [0.25, 0.3) is 0 Å². The lowest BCUT2D eigenvalue weighted by Crippen LogP contribution is -2.59. The molecule has 1 aromatic heterocycles. The second-order valence-corrected chi connectivity index (χ2v) is 15.4. The fourth-order valence-electron chi connectivity index (χ4n) is 7.83. The molecule has 53 heavy (non-hydrogen) atoms. The molecule has 12 heteroatoms. The molecule has 2 aromatic rings. The van der Waals surface area contributed by atoms with Crippen LogP contribution in [0.25, 0.3) is 10.8 Å². The molecule has 1 saturated heterocycles. The van der Waals surface area contributed by atoms with Gasteiger partial charge in [0, 0.05) is 52.1 Å². The monoisotopic (exact) mass is 739 g/mol. The third-order valence-corrected chi connectivity index (χ3v) is 11.2. The average Bonchev–Trinajstić information content (AvgIpc) is 3.62. The molecule has 1 aliphatic heterocycles. The number of pyridine rings is 1. The second kappa shape index (κ2) is 20.7. The number of carbonyl (C=O) groups is 4. The van der Waals surface area contributed by atoms with Crippen LogP contribution >= 0.6 is 0 Å². The Balaban J connectivity index is 1.70. The molecule has 0 saturated carbocycles. The van der Waals surface area contributed by atoms with Gasteiger partial charge >= 0.3 is 0 Å². The van der Waals surface area contributed by atoms with Crippen LogP contribution in [0.3, 0.4) is 0 Å². The average molecular weight is 739 g/mol. The first-order valence-electron chi connectivity index (χ1n) is 19.4. The van der Waals surface area contributed by atoms with Crippen LogP contribution in [0.4, 0.5) is 0 Å². The molecule has 0 radical (unpaired) electrons. The van der Waals surface area contributed by atoms with Crippen molar-refractivity contribution in [3.05, 3.63) is 42.2 Å². The highest BCUT2D eigenvalue weighted by Crippen LogP contribution is 2.29. The first-order valence-corrected chi connectivity index (χ1v) is 19.4. The van der Waals surface area contributed by atoms with E-state index >= 15 is 0 Å². The van der Waals surface area contributed by atoms with E-state index in [4.69, 9.17) is 9.47 Å². The van der Waals surface area contributed by atoms with Crippen LogP contribution in [-0.2, 0) is 35.1 Å². The zero-order valence-electron chi connectivity index (χ0n) is 34.0. The number of benzene rings is 1. The molecule has 3 N–H and O–H groups in total. The summed E-state index contributed by atoms with van der Waals surface area (Å²) >= 11 is 0. The Morgan fingerprint density at radius 2 is 1.66 bits per heavy atom. The molecule has 8 atom stereocenters. The first-order chi connectivity index (χ1) is 25.2. The number of carbonyl (C=O) groups excluding carboxylic acids is 4. The van der Waals surface area contributed by atoms with E-state index in [-0.39, 0.29) is 53.8 Å². The highest BCUT2D eigenvalue weighted by atomic mass is 16.5. The summed E-state index contributed by atoms with van der Waals surface area (Å²) in [6.07, 6.45) is 5.55. The molecular formula is C41H66N6O6. The Morgan fingerprint density at radius 1 is 0.962 bits per heavy atom. The highest BCUT2D eigenvalue weighted by molar-refractivity contribution is 5.90. The van der Waals surface area contributed by atoms with Gasteiger partial charge in [0.2, 0.25) is 23.6 Å². The number of likely N-dealkylation sites (N-methyl/N-ethyl adjacent to an activating group) is 2. The lowest BCUT2D eigenvalue weighted by atomic mass is 9.89. The van der Waals surface area contributed by atoms with Crippen molar-refractivity contribution in [2.24, 2.45) is 23.7 Å². The number of rotatable bonds is 20. The fourth-order valence-corrected chi connectivity index (χ4v) is 7.83. The smallest absolute Gasteiger partial charge is 0.245 e. The Kier molecular flexibility index (Phi) is 17.1. The van der Waals surface area contributed by atoms with E-state index in [9.17, 15) is 19.2 Å². The van der Waals surface area contributed by atoms with E-state index in [1.54, 1.807) is 39.4 Å². The van der Waals surface area contributed by atoms with E-state index in [1.165, 1.54) is 0 Å². The largest absolute Gasteiger partial charge is 0.379 e. The van der Waals surface area contributed by atoms with E-state index < -0.39 is 36.3 Å². The topological polar surface area (TPSA) is 142 Å². The number of likely N-dealkylation sites (tertiary alicyclic amines) is 1. The number of methoxy groups -OCH3 is 2. The Labute approximate surface area is 317 Å². The maximum Gasteiger partial charge on any atom is 0.245 e. The summed E-state index contributed by atoms with van der Waals surface area (Å²) in [6, 6.07) is 6.32. The lowest BCUT2D eigenvalue weighted by molar-refractivity contribution is -0.147. The molecular weight excluding hydrogens is 672 g/mol. The first kappa shape index (κ1) is 43.8. The number of nitrogens with zero attached hydrogens (tertiary/aromatic N) is 3. The second-order valence-electron chi connectivity index (χ2n) is 15.4. The van der Waals surface area contributed by atoms with Crippen molar-refractivity contribution in [1.29, 1.82) is 0 Å². The van der Waals surface area contributed by atoms with E-state index in [1.807, 2.05) is 57.8 Å². The van der Waals surface area contributed by atoms with Crippen molar-refractivity contribution in [3.8, 4) is 0 Å². The van der Waals surface area contributed by atoms with Gasteiger partial charge in [-0.1, -0.05) is 73.1 Å². The van der Waals surface area contributed by atoms with E-state index in [2.05, 4.69) is 46.9 Å². The molecule has 1 aromatic carbocycles. The van der Waals surface area contributed by atoms with Crippen LogP contribution < -0.4 is 16.0 Å². The molecule has 1 unspecified atom stereocenters. The molecule has 0 aliphatic carbocycles. The van der Waals surface area contributed by atoms with Crippen molar-refractivity contribution >= 4 is 34.4 Å². The van der Waals surface area contributed by atoms with Gasteiger partial charge in [-0.2, -0.15) is 0 Å². The maximum absolute atomic E-state index is 14.1. The Morgan fingerprint density at radius 3 is 2.26 bits per heavy atom. The highest BCUT2D eigenvalue weighted by Gasteiger charge is 2.43. The summed E-state index contributed by atoms with van der Waals surface area (Å²) in [7, 11) is 6.66. The number of fused-ring (bicyclic) bond motifs is 1. The van der Waals surface area contributed by atoms with Crippen LogP contribution in [0, 0.1) is 23.7 Å². The predicted octanol–water partition coefficient (Wildman–Crippen LogP) is 4.20. The van der Waals surface area contributed by atoms with Crippen LogP contribution in [-0.4, -0.2) is 116 Å². The van der Waals surface area contributed by atoms with Crippen molar-refractivity contribution in [2.45, 2.75) is 117 Å². The summed E-state index contributed by atoms with van der Waals surface area (Å²) in [5, 5.41) is 11.3. The molecule has 3 rings (SSSR count). The minimum absolute atomic E-state index is 0.00219. The van der Waals surface area contributed by atoms with Crippen LogP contribution in [0.15, 0.2) is 36.7 Å². The van der Waals surface area contributed by atoms with E-state index in [0.717, 1.165) is 35.6 Å². The standard InChI is InChI=1S/C41H66N6O6/c1-12-27(6)37(46(9)41(51)36(26(4)5)45-40(50)35(42-8)25(2)3)33(52-10)23-34(48)47-21-13-14-32(47)38(53-11)28(7)39(49)44-20-17-29-15-16-31-24-43-19-18-30(31)22-29/h15-16,18-19,22,24-28,32-33,35-38,42H,12-14,17,20-21,23H2,1-11H3,(H,44,49)(H,45,50)/t27-,28+,32-,33+,35-,36-,37?,38+/m0/s1. The summed E-state index contributed by atoms with van der Waals surface area (Å²) in [5.74, 6) is -1.26.